The fourth-order valence-electron chi connectivity index (χ4n) is 1.70. The second kappa shape index (κ2) is 5.54. The van der Waals surface area contributed by atoms with Crippen molar-refractivity contribution in [1.29, 1.82) is 0 Å². The second-order valence-electron chi connectivity index (χ2n) is 4.19. The minimum Gasteiger partial charge on any atom is -0.314 e. The molecule has 10 heteroatoms. The number of nitrogens with zero attached hydrogens (tertiary/aromatic N) is 2. The van der Waals surface area contributed by atoms with Crippen LogP contribution in [0.15, 0.2) is 18.3 Å². The molecular formula is C10H13F3N4O2S. The summed E-state index contributed by atoms with van der Waals surface area (Å²) in [6.07, 6.45) is -3.90. The van der Waals surface area contributed by atoms with Gasteiger partial charge in [0.15, 0.2) is 0 Å². The summed E-state index contributed by atoms with van der Waals surface area (Å²) in [5, 5.41) is 3.00. The average molecular weight is 310 g/mol. The van der Waals surface area contributed by atoms with Gasteiger partial charge in [-0.3, -0.25) is 4.72 Å². The molecule has 2 N–H and O–H groups in total. The Kier molecular flexibility index (Phi) is 4.16. The number of hydrogen-bond acceptors (Lipinski definition) is 4. The lowest BCUT2D eigenvalue weighted by atomic mass is 10.3. The molecule has 1 aromatic heterocycles. The van der Waals surface area contributed by atoms with Gasteiger partial charge in [0.1, 0.15) is 5.82 Å². The summed E-state index contributed by atoms with van der Waals surface area (Å²) in [6.45, 7) is 1.66. The van der Waals surface area contributed by atoms with Gasteiger partial charge in [0.2, 0.25) is 0 Å². The number of rotatable bonds is 3. The SMILES string of the molecule is O=S(=O)(Nc1ccc(C(F)(F)F)cn1)N1CCNCC1. The quantitative estimate of drug-likeness (QED) is 0.860. The molecule has 0 aromatic carbocycles. The van der Waals surface area contributed by atoms with Gasteiger partial charge in [-0.1, -0.05) is 0 Å². The summed E-state index contributed by atoms with van der Waals surface area (Å²) >= 11 is 0. The van der Waals surface area contributed by atoms with Gasteiger partial charge in [0, 0.05) is 32.4 Å². The molecule has 1 saturated heterocycles. The topological polar surface area (TPSA) is 74.3 Å². The molecule has 0 atom stereocenters. The molecule has 1 aliphatic rings. The number of piperazine rings is 1. The Labute approximate surface area is 114 Å². The lowest BCUT2D eigenvalue weighted by Crippen LogP contribution is -2.48. The minimum atomic E-state index is -4.50. The van der Waals surface area contributed by atoms with E-state index in [1.807, 2.05) is 0 Å². The molecule has 112 valence electrons. The molecule has 1 fully saturated rings. The maximum absolute atomic E-state index is 12.4. The third-order valence-corrected chi connectivity index (χ3v) is 4.25. The van der Waals surface area contributed by atoms with Gasteiger partial charge in [-0.2, -0.15) is 25.9 Å². The Bertz CT molecular complexity index is 553. The number of anilines is 1. The number of alkyl halides is 3. The third kappa shape index (κ3) is 3.58. The molecule has 2 heterocycles. The van der Waals surface area contributed by atoms with Gasteiger partial charge in [-0.05, 0) is 12.1 Å². The van der Waals surface area contributed by atoms with Crippen molar-refractivity contribution in [2.75, 3.05) is 30.9 Å². The Hall–Kier alpha value is -1.39. The first kappa shape index (κ1) is 15.0. The lowest BCUT2D eigenvalue weighted by Gasteiger charge is -2.26. The normalized spacial score (nSPS) is 17.9. The molecule has 0 aliphatic carbocycles. The van der Waals surface area contributed by atoms with Gasteiger partial charge < -0.3 is 5.32 Å². The summed E-state index contributed by atoms with van der Waals surface area (Å²) < 4.78 is 64.4. The third-order valence-electron chi connectivity index (χ3n) is 2.74. The molecule has 6 nitrogen and oxygen atoms in total. The number of hydrogen-bond donors (Lipinski definition) is 2. The highest BCUT2D eigenvalue weighted by atomic mass is 32.2. The molecule has 0 amide bonds. The van der Waals surface area contributed by atoms with Crippen LogP contribution in [0.2, 0.25) is 0 Å². The van der Waals surface area contributed by atoms with E-state index in [9.17, 15) is 21.6 Å². The van der Waals surface area contributed by atoms with E-state index in [1.54, 1.807) is 0 Å². The monoisotopic (exact) mass is 310 g/mol. The lowest BCUT2D eigenvalue weighted by molar-refractivity contribution is -0.137. The smallest absolute Gasteiger partial charge is 0.314 e. The predicted octanol–water partition coefficient (Wildman–Crippen LogP) is 0.662. The van der Waals surface area contributed by atoms with Crippen LogP contribution in [0, 0.1) is 0 Å². The van der Waals surface area contributed by atoms with E-state index in [0.717, 1.165) is 12.1 Å². The second-order valence-corrected chi connectivity index (χ2v) is 5.86. The Morgan fingerprint density at radius 2 is 1.90 bits per heavy atom. The fraction of sp³-hybridized carbons (Fsp3) is 0.500. The van der Waals surface area contributed by atoms with E-state index < -0.39 is 21.9 Å². The van der Waals surface area contributed by atoms with Crippen molar-refractivity contribution in [2.45, 2.75) is 6.18 Å². The molecule has 0 bridgehead atoms. The van der Waals surface area contributed by atoms with Crippen LogP contribution in [0.4, 0.5) is 19.0 Å². The molecule has 2 rings (SSSR count). The van der Waals surface area contributed by atoms with Crippen molar-refractivity contribution in [3.05, 3.63) is 23.9 Å². The van der Waals surface area contributed by atoms with E-state index in [4.69, 9.17) is 0 Å². The van der Waals surface area contributed by atoms with Crippen LogP contribution in [-0.4, -0.2) is 43.9 Å². The number of aromatic nitrogens is 1. The molecule has 1 aliphatic heterocycles. The zero-order valence-corrected chi connectivity index (χ0v) is 11.1. The van der Waals surface area contributed by atoms with Crippen molar-refractivity contribution >= 4 is 16.0 Å². The van der Waals surface area contributed by atoms with Crippen molar-refractivity contribution in [3.63, 3.8) is 0 Å². The van der Waals surface area contributed by atoms with Gasteiger partial charge >= 0.3 is 16.4 Å². The summed E-state index contributed by atoms with van der Waals surface area (Å²) in [5.41, 5.74) is -0.928. The molecular weight excluding hydrogens is 297 g/mol. The number of halogens is 3. The van der Waals surface area contributed by atoms with Gasteiger partial charge in [-0.15, -0.1) is 0 Å². The van der Waals surface area contributed by atoms with Gasteiger partial charge in [-0.25, -0.2) is 4.98 Å². The Morgan fingerprint density at radius 1 is 1.25 bits per heavy atom. The summed E-state index contributed by atoms with van der Waals surface area (Å²) in [7, 11) is -3.79. The van der Waals surface area contributed by atoms with E-state index in [2.05, 4.69) is 15.0 Å². The van der Waals surface area contributed by atoms with Crippen molar-refractivity contribution in [3.8, 4) is 0 Å². The first-order valence-electron chi connectivity index (χ1n) is 5.81. The van der Waals surface area contributed by atoms with E-state index in [-0.39, 0.29) is 5.82 Å². The van der Waals surface area contributed by atoms with Gasteiger partial charge in [0.25, 0.3) is 0 Å². The largest absolute Gasteiger partial charge is 0.417 e. The zero-order chi connectivity index (χ0) is 14.8. The van der Waals surface area contributed by atoms with Crippen molar-refractivity contribution in [1.82, 2.24) is 14.6 Å². The van der Waals surface area contributed by atoms with Crippen LogP contribution in [0.5, 0.6) is 0 Å². The van der Waals surface area contributed by atoms with E-state index >= 15 is 0 Å². The molecule has 0 unspecified atom stereocenters. The number of nitrogens with one attached hydrogen (secondary N) is 2. The predicted molar refractivity (Wildman–Crippen MR) is 66.2 cm³/mol. The summed E-state index contributed by atoms with van der Waals surface area (Å²) in [4.78, 5) is 3.47. The Morgan fingerprint density at radius 3 is 2.40 bits per heavy atom. The zero-order valence-electron chi connectivity index (χ0n) is 10.3. The van der Waals surface area contributed by atoms with Crippen LogP contribution in [0.1, 0.15) is 5.56 Å². The van der Waals surface area contributed by atoms with Crippen LogP contribution in [-0.2, 0) is 16.4 Å². The van der Waals surface area contributed by atoms with Crippen molar-refractivity contribution in [2.24, 2.45) is 0 Å². The molecule has 0 spiro atoms. The molecule has 0 saturated carbocycles. The summed E-state index contributed by atoms with van der Waals surface area (Å²) in [6, 6.07) is 1.77. The minimum absolute atomic E-state index is 0.142. The van der Waals surface area contributed by atoms with E-state index in [0.29, 0.717) is 32.4 Å². The van der Waals surface area contributed by atoms with E-state index in [1.165, 1.54) is 4.31 Å². The molecule has 20 heavy (non-hydrogen) atoms. The fourth-order valence-corrected chi connectivity index (χ4v) is 2.88. The molecule has 1 aromatic rings. The first-order chi connectivity index (χ1) is 9.29. The Balaban J connectivity index is 2.09. The van der Waals surface area contributed by atoms with Crippen molar-refractivity contribution < 1.29 is 21.6 Å². The maximum Gasteiger partial charge on any atom is 0.417 e. The highest BCUT2D eigenvalue weighted by molar-refractivity contribution is 7.90. The van der Waals surface area contributed by atoms with Crippen LogP contribution in [0.25, 0.3) is 0 Å². The average Bonchev–Trinajstić information content (AvgIpc) is 2.39. The highest BCUT2D eigenvalue weighted by Crippen LogP contribution is 2.28. The first-order valence-corrected chi connectivity index (χ1v) is 7.25. The van der Waals surface area contributed by atoms with Gasteiger partial charge in [0.05, 0.1) is 5.56 Å². The summed E-state index contributed by atoms with van der Waals surface area (Å²) in [5.74, 6) is -0.142. The van der Waals surface area contributed by atoms with Crippen LogP contribution in [0.3, 0.4) is 0 Å². The van der Waals surface area contributed by atoms with Crippen LogP contribution >= 0.6 is 0 Å². The molecule has 0 radical (unpaired) electrons. The number of pyridine rings is 1. The van der Waals surface area contributed by atoms with Crippen LogP contribution < -0.4 is 10.0 Å². The maximum atomic E-state index is 12.4. The standard InChI is InChI=1S/C10H13F3N4O2S/c11-10(12,13)8-1-2-9(15-7-8)16-20(18,19)17-5-3-14-4-6-17/h1-2,7,14H,3-6H2,(H,15,16). The highest BCUT2D eigenvalue weighted by Gasteiger charge is 2.31.